The zero-order valence-corrected chi connectivity index (χ0v) is 15.7. The van der Waals surface area contributed by atoms with Gasteiger partial charge >= 0.3 is 0 Å². The number of hydrogen-bond donors (Lipinski definition) is 2. The number of rotatable bonds is 6. The maximum absolute atomic E-state index is 12.7. The summed E-state index contributed by atoms with van der Waals surface area (Å²) in [5.74, 6) is 0.477. The second-order valence-electron chi connectivity index (χ2n) is 6.59. The van der Waals surface area contributed by atoms with E-state index in [1.807, 2.05) is 59.2 Å². The maximum atomic E-state index is 12.7. The van der Waals surface area contributed by atoms with Crippen molar-refractivity contribution in [3.8, 4) is 6.07 Å². The van der Waals surface area contributed by atoms with Crippen molar-refractivity contribution in [3.63, 3.8) is 0 Å². The lowest BCUT2D eigenvalue weighted by atomic mass is 10.2. The van der Waals surface area contributed by atoms with Gasteiger partial charge in [0.15, 0.2) is 0 Å². The molecule has 0 aliphatic rings. The number of fused-ring (bicyclic) bond motifs is 1. The predicted molar refractivity (Wildman–Crippen MR) is 113 cm³/mol. The summed E-state index contributed by atoms with van der Waals surface area (Å²) in [6.07, 6.45) is 0. The molecule has 3 aromatic carbocycles. The van der Waals surface area contributed by atoms with E-state index < -0.39 is 0 Å². The van der Waals surface area contributed by atoms with Gasteiger partial charge in [0.05, 0.1) is 22.7 Å². The smallest absolute Gasteiger partial charge is 0.244 e. The van der Waals surface area contributed by atoms with E-state index >= 15 is 0 Å². The second kappa shape index (κ2) is 8.28. The molecule has 0 fully saturated rings. The Balaban J connectivity index is 1.54. The molecule has 0 radical (unpaired) electrons. The van der Waals surface area contributed by atoms with Crippen molar-refractivity contribution in [2.24, 2.45) is 0 Å². The van der Waals surface area contributed by atoms with Gasteiger partial charge in [-0.25, -0.2) is 4.98 Å². The first-order valence-corrected chi connectivity index (χ1v) is 9.26. The number of aromatic nitrogens is 2. The lowest BCUT2D eigenvalue weighted by molar-refractivity contribution is -0.116. The van der Waals surface area contributed by atoms with Crippen molar-refractivity contribution in [2.45, 2.75) is 13.1 Å². The molecule has 6 heteroatoms. The van der Waals surface area contributed by atoms with Crippen molar-refractivity contribution in [1.29, 1.82) is 5.26 Å². The molecule has 1 aromatic heterocycles. The van der Waals surface area contributed by atoms with E-state index in [4.69, 9.17) is 5.26 Å². The van der Waals surface area contributed by atoms with Gasteiger partial charge < -0.3 is 15.2 Å². The Bertz CT molecular complexity index is 1170. The molecule has 0 bridgehead atoms. The summed E-state index contributed by atoms with van der Waals surface area (Å²) in [6.45, 7) is 0.735. The number of nitriles is 1. The van der Waals surface area contributed by atoms with Crippen LogP contribution in [0.15, 0.2) is 78.9 Å². The number of carbonyl (C=O) groups excluding carboxylic acids is 1. The molecule has 0 aliphatic heterocycles. The first-order chi connectivity index (χ1) is 14.2. The Hall–Kier alpha value is -4.11. The van der Waals surface area contributed by atoms with E-state index in [-0.39, 0.29) is 12.5 Å². The quantitative estimate of drug-likeness (QED) is 0.525. The highest BCUT2D eigenvalue weighted by Gasteiger charge is 2.13. The van der Waals surface area contributed by atoms with Crippen LogP contribution >= 0.6 is 0 Å². The number of nitrogens with zero attached hydrogens (tertiary/aromatic N) is 3. The van der Waals surface area contributed by atoms with Crippen molar-refractivity contribution >= 4 is 28.6 Å². The van der Waals surface area contributed by atoms with E-state index in [1.165, 1.54) is 0 Å². The minimum atomic E-state index is -0.166. The van der Waals surface area contributed by atoms with E-state index in [2.05, 4.69) is 21.7 Å². The van der Waals surface area contributed by atoms with Crippen LogP contribution in [0.4, 0.5) is 11.6 Å². The normalized spacial score (nSPS) is 10.4. The molecule has 1 heterocycles. The number of para-hydroxylation sites is 2. The minimum Gasteiger partial charge on any atom is -0.352 e. The van der Waals surface area contributed by atoms with E-state index in [1.54, 1.807) is 24.3 Å². The first-order valence-electron chi connectivity index (χ1n) is 9.26. The Kier molecular flexibility index (Phi) is 5.21. The number of amides is 1. The third-order valence-electron chi connectivity index (χ3n) is 4.55. The Morgan fingerprint density at radius 1 is 0.966 bits per heavy atom. The number of anilines is 2. The summed E-state index contributed by atoms with van der Waals surface area (Å²) in [6, 6.07) is 26.6. The van der Waals surface area contributed by atoms with Crippen molar-refractivity contribution in [3.05, 3.63) is 90.0 Å². The summed E-state index contributed by atoms with van der Waals surface area (Å²) in [7, 11) is 0. The monoisotopic (exact) mass is 381 g/mol. The lowest BCUT2D eigenvalue weighted by Gasteiger charge is -2.11. The van der Waals surface area contributed by atoms with E-state index in [0.717, 1.165) is 16.6 Å². The van der Waals surface area contributed by atoms with Crippen LogP contribution in [0, 0.1) is 11.3 Å². The molecule has 6 nitrogen and oxygen atoms in total. The third-order valence-corrected chi connectivity index (χ3v) is 4.55. The van der Waals surface area contributed by atoms with Gasteiger partial charge in [-0.2, -0.15) is 5.26 Å². The summed E-state index contributed by atoms with van der Waals surface area (Å²) >= 11 is 0. The predicted octanol–water partition coefficient (Wildman–Crippen LogP) is 4.16. The molecule has 4 rings (SSSR count). The zero-order valence-electron chi connectivity index (χ0n) is 15.7. The average molecular weight is 381 g/mol. The average Bonchev–Trinajstić information content (AvgIpc) is 3.11. The van der Waals surface area contributed by atoms with Gasteiger partial charge in [-0.05, 0) is 42.0 Å². The second-order valence-corrected chi connectivity index (χ2v) is 6.59. The molecule has 4 aromatic rings. The number of hydrogen-bond acceptors (Lipinski definition) is 4. The molecular formula is C23H19N5O. The number of benzene rings is 3. The minimum absolute atomic E-state index is 0.123. The van der Waals surface area contributed by atoms with Gasteiger partial charge in [0.25, 0.3) is 0 Å². The highest BCUT2D eigenvalue weighted by Crippen LogP contribution is 2.20. The summed E-state index contributed by atoms with van der Waals surface area (Å²) in [5.41, 5.74) is 4.05. The fourth-order valence-corrected chi connectivity index (χ4v) is 3.12. The molecular weight excluding hydrogens is 362 g/mol. The molecule has 1 amide bonds. The summed E-state index contributed by atoms with van der Waals surface area (Å²) in [5, 5.41) is 15.1. The van der Waals surface area contributed by atoms with E-state index in [0.29, 0.717) is 23.7 Å². The van der Waals surface area contributed by atoms with Crippen LogP contribution in [0.5, 0.6) is 0 Å². The number of imidazole rings is 1. The Morgan fingerprint density at radius 3 is 2.45 bits per heavy atom. The fourth-order valence-electron chi connectivity index (χ4n) is 3.12. The van der Waals surface area contributed by atoms with Crippen LogP contribution < -0.4 is 10.6 Å². The van der Waals surface area contributed by atoms with Crippen molar-refractivity contribution in [1.82, 2.24) is 9.55 Å². The van der Waals surface area contributed by atoms with Crippen LogP contribution in [0.25, 0.3) is 11.0 Å². The summed E-state index contributed by atoms with van der Waals surface area (Å²) < 4.78 is 1.87. The fraction of sp³-hybridized carbons (Fsp3) is 0.0870. The van der Waals surface area contributed by atoms with Crippen LogP contribution in [0.1, 0.15) is 11.1 Å². The number of nitrogens with one attached hydrogen (secondary N) is 2. The first kappa shape index (κ1) is 18.3. The molecule has 0 atom stereocenters. The van der Waals surface area contributed by atoms with Gasteiger partial charge in [-0.3, -0.25) is 4.79 Å². The molecule has 142 valence electrons. The molecule has 0 spiro atoms. The lowest BCUT2D eigenvalue weighted by Crippen LogP contribution is -2.20. The molecule has 29 heavy (non-hydrogen) atoms. The largest absolute Gasteiger partial charge is 0.352 e. The van der Waals surface area contributed by atoms with Gasteiger partial charge in [0.1, 0.15) is 6.54 Å². The van der Waals surface area contributed by atoms with Crippen LogP contribution in [-0.2, 0) is 17.9 Å². The molecule has 2 N–H and O–H groups in total. The Labute approximate surface area is 168 Å². The van der Waals surface area contributed by atoms with Gasteiger partial charge in [-0.15, -0.1) is 0 Å². The van der Waals surface area contributed by atoms with Crippen LogP contribution in [0.3, 0.4) is 0 Å². The summed E-state index contributed by atoms with van der Waals surface area (Å²) in [4.78, 5) is 17.3. The van der Waals surface area contributed by atoms with Gasteiger partial charge in [-0.1, -0.05) is 42.5 Å². The van der Waals surface area contributed by atoms with E-state index in [9.17, 15) is 4.79 Å². The third kappa shape index (κ3) is 4.25. The zero-order chi connectivity index (χ0) is 20.1. The molecule has 0 saturated carbocycles. The molecule has 0 saturated heterocycles. The standard InChI is InChI=1S/C23H19N5O/c24-14-17-10-12-19(13-11-17)26-22(29)16-28-21-9-5-4-8-20(21)27-23(28)25-15-18-6-2-1-3-7-18/h1-13H,15-16H2,(H,25,27)(H,26,29). The molecule has 0 unspecified atom stereocenters. The van der Waals surface area contributed by atoms with Crippen LogP contribution in [-0.4, -0.2) is 15.5 Å². The highest BCUT2D eigenvalue weighted by molar-refractivity contribution is 5.92. The van der Waals surface area contributed by atoms with Crippen LogP contribution in [0.2, 0.25) is 0 Å². The topological polar surface area (TPSA) is 82.7 Å². The Morgan fingerprint density at radius 2 is 1.69 bits per heavy atom. The molecule has 0 aliphatic carbocycles. The van der Waals surface area contributed by atoms with Crippen molar-refractivity contribution < 1.29 is 4.79 Å². The highest BCUT2D eigenvalue weighted by atomic mass is 16.1. The van der Waals surface area contributed by atoms with Crippen molar-refractivity contribution in [2.75, 3.05) is 10.6 Å². The van der Waals surface area contributed by atoms with Gasteiger partial charge in [0.2, 0.25) is 11.9 Å². The maximum Gasteiger partial charge on any atom is 0.244 e. The number of carbonyl (C=O) groups is 1. The SMILES string of the molecule is N#Cc1ccc(NC(=O)Cn2c(NCc3ccccc3)nc3ccccc32)cc1. The van der Waals surface area contributed by atoms with Gasteiger partial charge in [0, 0.05) is 12.2 Å².